The van der Waals surface area contributed by atoms with E-state index in [2.05, 4.69) is 15.2 Å². The number of rotatable bonds is 6. The molecule has 0 unspecified atom stereocenters. The van der Waals surface area contributed by atoms with Crippen molar-refractivity contribution in [3.05, 3.63) is 35.0 Å². The van der Waals surface area contributed by atoms with Gasteiger partial charge in [0.1, 0.15) is 5.69 Å². The van der Waals surface area contributed by atoms with E-state index in [0.717, 1.165) is 50.1 Å². The van der Waals surface area contributed by atoms with Gasteiger partial charge in [0, 0.05) is 24.8 Å². The Labute approximate surface area is 211 Å². The van der Waals surface area contributed by atoms with Crippen molar-refractivity contribution in [2.24, 2.45) is 10.7 Å². The Kier molecular flexibility index (Phi) is 6.83. The number of benzene rings is 1. The summed E-state index contributed by atoms with van der Waals surface area (Å²) in [5.74, 6) is 0.214. The Morgan fingerprint density at radius 3 is 2.80 bits per heavy atom. The van der Waals surface area contributed by atoms with Gasteiger partial charge in [-0.1, -0.05) is 35.0 Å². The summed E-state index contributed by atoms with van der Waals surface area (Å²) in [4.78, 5) is 22.2. The Morgan fingerprint density at radius 1 is 1.26 bits per heavy atom. The monoisotopic (exact) mass is 499 g/mol. The predicted molar refractivity (Wildman–Crippen MR) is 135 cm³/mol. The number of nitrogens with two attached hydrogens (primary N) is 1. The van der Waals surface area contributed by atoms with E-state index in [1.807, 2.05) is 42.9 Å². The lowest BCUT2D eigenvalue weighted by atomic mass is 9.85. The number of hydrogen-bond donors (Lipinski definition) is 1. The number of guanidine groups is 1. The quantitative estimate of drug-likeness (QED) is 0.655. The molecule has 0 saturated carbocycles. The molecule has 0 bridgehead atoms. The van der Waals surface area contributed by atoms with E-state index in [1.54, 1.807) is 4.90 Å². The molecule has 2 fully saturated rings. The Bertz CT molecular complexity index is 1110. The van der Waals surface area contributed by atoms with Crippen molar-refractivity contribution in [1.82, 2.24) is 24.8 Å². The number of ether oxygens (including phenoxy) is 1. The zero-order valence-corrected chi connectivity index (χ0v) is 21.2. The molecule has 3 atom stereocenters. The summed E-state index contributed by atoms with van der Waals surface area (Å²) in [7, 11) is 0. The highest BCUT2D eigenvalue weighted by Crippen LogP contribution is 2.41. The predicted octanol–water partition coefficient (Wildman–Crippen LogP) is 3.02. The van der Waals surface area contributed by atoms with Crippen LogP contribution in [0.25, 0.3) is 11.3 Å². The van der Waals surface area contributed by atoms with Gasteiger partial charge in [0.05, 0.1) is 35.8 Å². The molecule has 0 aliphatic carbocycles. The molecule has 2 aromatic rings. The highest BCUT2D eigenvalue weighted by atomic mass is 35.5. The molecule has 3 aliphatic rings. The van der Waals surface area contributed by atoms with Crippen LogP contribution in [-0.4, -0.2) is 75.0 Å². The first-order chi connectivity index (χ1) is 16.8. The molecule has 1 amide bonds. The van der Waals surface area contributed by atoms with Gasteiger partial charge in [-0.2, -0.15) is 0 Å². The first kappa shape index (κ1) is 24.2. The smallest absolute Gasteiger partial charge is 0.232 e. The summed E-state index contributed by atoms with van der Waals surface area (Å²) in [5.41, 5.74) is 7.78. The van der Waals surface area contributed by atoms with E-state index in [-0.39, 0.29) is 30.4 Å². The number of aromatic nitrogens is 3. The first-order valence-corrected chi connectivity index (χ1v) is 12.9. The summed E-state index contributed by atoms with van der Waals surface area (Å²) in [6.45, 7) is 8.62. The van der Waals surface area contributed by atoms with Crippen LogP contribution in [0.4, 0.5) is 0 Å². The number of amides is 1. The molecule has 10 heteroatoms. The van der Waals surface area contributed by atoms with Crippen molar-refractivity contribution in [3.63, 3.8) is 0 Å². The van der Waals surface area contributed by atoms with Crippen molar-refractivity contribution in [1.29, 1.82) is 0 Å². The lowest BCUT2D eigenvalue weighted by molar-refractivity contribution is -0.133. The zero-order chi connectivity index (χ0) is 24.6. The second kappa shape index (κ2) is 9.87. The molecule has 0 spiro atoms. The van der Waals surface area contributed by atoms with Crippen LogP contribution in [0.3, 0.4) is 0 Å². The van der Waals surface area contributed by atoms with Crippen molar-refractivity contribution >= 4 is 23.5 Å². The minimum atomic E-state index is -0.854. The molecule has 3 aliphatic heterocycles. The molecule has 1 aromatic carbocycles. The van der Waals surface area contributed by atoms with Gasteiger partial charge < -0.3 is 15.4 Å². The van der Waals surface area contributed by atoms with Crippen LogP contribution in [0.15, 0.2) is 29.4 Å². The highest BCUT2D eigenvalue weighted by molar-refractivity contribution is 6.34. The molecule has 188 valence electrons. The van der Waals surface area contributed by atoms with Crippen LogP contribution in [0.2, 0.25) is 5.02 Å². The largest absolute Gasteiger partial charge is 0.378 e. The fourth-order valence-electron chi connectivity index (χ4n) is 5.54. The van der Waals surface area contributed by atoms with Crippen LogP contribution in [0.1, 0.15) is 51.5 Å². The number of aliphatic imine (C=N–C) groups is 1. The van der Waals surface area contributed by atoms with Crippen LogP contribution in [-0.2, 0) is 21.6 Å². The van der Waals surface area contributed by atoms with Gasteiger partial charge in [-0.3, -0.25) is 14.4 Å². The fraction of sp³-hybridized carbons (Fsp3) is 0.600. The normalized spacial score (nSPS) is 27.9. The molecule has 2 saturated heterocycles. The van der Waals surface area contributed by atoms with Crippen LogP contribution < -0.4 is 5.73 Å². The van der Waals surface area contributed by atoms with E-state index in [4.69, 9.17) is 27.1 Å². The summed E-state index contributed by atoms with van der Waals surface area (Å²) < 4.78 is 7.51. The van der Waals surface area contributed by atoms with Gasteiger partial charge in [0.2, 0.25) is 5.91 Å². The van der Waals surface area contributed by atoms with Gasteiger partial charge in [-0.25, -0.2) is 4.99 Å². The lowest BCUT2D eigenvalue weighted by Crippen LogP contribution is -2.56. The van der Waals surface area contributed by atoms with Crippen LogP contribution in [0.5, 0.6) is 0 Å². The summed E-state index contributed by atoms with van der Waals surface area (Å²) in [5, 5.41) is 9.21. The van der Waals surface area contributed by atoms with Crippen molar-refractivity contribution in [2.75, 3.05) is 26.2 Å². The summed E-state index contributed by atoms with van der Waals surface area (Å²) in [6.07, 6.45) is 6.27. The molecule has 0 radical (unpaired) electrons. The molecular weight excluding hydrogens is 466 g/mol. The zero-order valence-electron chi connectivity index (χ0n) is 20.5. The maximum absolute atomic E-state index is 13.3. The van der Waals surface area contributed by atoms with Crippen LogP contribution in [0, 0.1) is 0 Å². The second-order valence-electron chi connectivity index (χ2n) is 10.1. The number of carbonyl (C=O) groups excluding carboxylic acids is 1. The molecule has 1 aromatic heterocycles. The molecule has 5 rings (SSSR count). The van der Waals surface area contributed by atoms with Crippen molar-refractivity contribution in [3.8, 4) is 11.3 Å². The number of hydrogen-bond acceptors (Lipinski definition) is 7. The number of likely N-dealkylation sites (tertiary alicyclic amines) is 1. The minimum absolute atomic E-state index is 0.0111. The van der Waals surface area contributed by atoms with Gasteiger partial charge in [-0.05, 0) is 58.2 Å². The summed E-state index contributed by atoms with van der Waals surface area (Å²) >= 11 is 6.92. The molecule has 4 heterocycles. The average molecular weight is 500 g/mol. The topological polar surface area (TPSA) is 102 Å². The lowest BCUT2D eigenvalue weighted by Gasteiger charge is -2.41. The third-order valence-electron chi connectivity index (χ3n) is 7.43. The summed E-state index contributed by atoms with van der Waals surface area (Å²) in [6, 6.07) is 5.78. The maximum Gasteiger partial charge on any atom is 0.232 e. The van der Waals surface area contributed by atoms with Crippen LogP contribution >= 0.6 is 11.6 Å². The van der Waals surface area contributed by atoms with E-state index in [1.165, 1.54) is 12.8 Å². The molecule has 9 nitrogen and oxygen atoms in total. The minimum Gasteiger partial charge on any atom is -0.378 e. The Hall–Kier alpha value is -2.49. The highest BCUT2D eigenvalue weighted by Gasteiger charge is 2.42. The Balaban J connectivity index is 1.37. The average Bonchev–Trinajstić information content (AvgIpc) is 3.49. The third kappa shape index (κ3) is 4.94. The van der Waals surface area contributed by atoms with E-state index >= 15 is 0 Å². The standard InChI is InChI=1S/C25H34ClN7O2/c1-17-14-18(8-13-35-17)33-22(34)15-25(2,28-24(33)27)20-7-5-6-19(23(20)26)21-16-32(30-29-21)12-11-31-9-3-4-10-31/h5-7,16-18H,3-4,8-15H2,1-2H3,(H2,27,28)/t17-,18-,25-/m0/s1. The number of halogens is 1. The van der Waals surface area contributed by atoms with Crippen molar-refractivity contribution in [2.45, 2.75) is 70.2 Å². The van der Waals surface area contributed by atoms with E-state index in [0.29, 0.717) is 17.3 Å². The Morgan fingerprint density at radius 2 is 2.06 bits per heavy atom. The number of carbonyl (C=O) groups is 1. The second-order valence-corrected chi connectivity index (χ2v) is 10.5. The van der Waals surface area contributed by atoms with Gasteiger partial charge in [-0.15, -0.1) is 5.10 Å². The third-order valence-corrected chi connectivity index (χ3v) is 7.84. The number of nitrogens with zero attached hydrogens (tertiary/aromatic N) is 6. The van der Waals surface area contributed by atoms with E-state index < -0.39 is 5.54 Å². The molecule has 35 heavy (non-hydrogen) atoms. The fourth-order valence-corrected chi connectivity index (χ4v) is 5.96. The van der Waals surface area contributed by atoms with Gasteiger partial charge in [0.25, 0.3) is 0 Å². The first-order valence-electron chi connectivity index (χ1n) is 12.5. The van der Waals surface area contributed by atoms with Gasteiger partial charge in [0.15, 0.2) is 5.96 Å². The molecule has 2 N–H and O–H groups in total. The van der Waals surface area contributed by atoms with E-state index in [9.17, 15) is 4.79 Å². The molecular formula is C25H34ClN7O2. The SMILES string of the molecule is C[C@H]1C[C@@H](N2C(=O)C[C@@](C)(c3cccc(-c4cn(CCN5CCCC5)nn4)c3Cl)N=C2N)CCO1. The maximum atomic E-state index is 13.3. The van der Waals surface area contributed by atoms with Crippen molar-refractivity contribution < 1.29 is 9.53 Å². The van der Waals surface area contributed by atoms with Gasteiger partial charge >= 0.3 is 0 Å².